The Morgan fingerprint density at radius 2 is 2.03 bits per heavy atom. The third-order valence-corrected chi connectivity index (χ3v) is 7.59. The number of ether oxygens (including phenoxy) is 1. The lowest BCUT2D eigenvalue weighted by Gasteiger charge is -2.63. The van der Waals surface area contributed by atoms with Gasteiger partial charge in [0, 0.05) is 29.2 Å². The number of carbonyl (C=O) groups is 1. The molecule has 2 aliphatic carbocycles. The average Bonchev–Trinajstić information content (AvgIpc) is 3.11. The van der Waals surface area contributed by atoms with Crippen LogP contribution < -0.4 is 4.74 Å². The number of nitriles is 1. The van der Waals surface area contributed by atoms with Crippen LogP contribution in [0.5, 0.6) is 5.75 Å². The molecule has 4 aliphatic rings. The van der Waals surface area contributed by atoms with Gasteiger partial charge in [-0.15, -0.1) is 0 Å². The van der Waals surface area contributed by atoms with E-state index in [9.17, 15) is 14.4 Å². The quantitative estimate of drug-likeness (QED) is 0.832. The molecule has 1 aromatic heterocycles. The number of hydrogen-bond donors (Lipinski definition) is 1. The summed E-state index contributed by atoms with van der Waals surface area (Å²) in [5.74, 6) is -0.680. The highest BCUT2D eigenvalue weighted by Gasteiger charge is 2.60. The Labute approximate surface area is 169 Å². The molecule has 1 amide bonds. The SMILES string of the molecule is COc1ccc2[nH]cc(C(C)C(=O)N3C4CC5(C)CC3CC(C#N)(C4)C5)c2c1F. The second kappa shape index (κ2) is 5.98. The molecule has 3 heterocycles. The smallest absolute Gasteiger partial charge is 0.230 e. The van der Waals surface area contributed by atoms with Crippen LogP contribution in [0.25, 0.3) is 10.9 Å². The van der Waals surface area contributed by atoms with Crippen molar-refractivity contribution in [2.45, 2.75) is 64.0 Å². The van der Waals surface area contributed by atoms with Crippen LogP contribution in [0, 0.1) is 28.0 Å². The van der Waals surface area contributed by atoms with Crippen molar-refractivity contribution in [3.05, 3.63) is 29.7 Å². The van der Waals surface area contributed by atoms with Gasteiger partial charge in [0.1, 0.15) is 0 Å². The van der Waals surface area contributed by atoms with Gasteiger partial charge < -0.3 is 14.6 Å². The van der Waals surface area contributed by atoms with Gasteiger partial charge in [-0.25, -0.2) is 4.39 Å². The van der Waals surface area contributed by atoms with Gasteiger partial charge in [0.05, 0.1) is 24.5 Å². The Kier molecular flexibility index (Phi) is 3.81. The number of fused-ring (bicyclic) bond motifs is 1. The number of methoxy groups -OCH3 is 1. The van der Waals surface area contributed by atoms with Crippen molar-refractivity contribution in [2.24, 2.45) is 10.8 Å². The monoisotopic (exact) mass is 395 g/mol. The Bertz CT molecular complexity index is 1040. The van der Waals surface area contributed by atoms with Crippen LogP contribution in [0.1, 0.15) is 57.4 Å². The van der Waals surface area contributed by atoms with E-state index in [-0.39, 0.29) is 34.6 Å². The Morgan fingerprint density at radius 1 is 1.34 bits per heavy atom. The van der Waals surface area contributed by atoms with Gasteiger partial charge in [0.15, 0.2) is 11.6 Å². The number of aromatic nitrogens is 1. The molecule has 2 saturated carbocycles. The number of rotatable bonds is 3. The van der Waals surface area contributed by atoms with Gasteiger partial charge in [0.2, 0.25) is 5.91 Å². The van der Waals surface area contributed by atoms with E-state index in [1.54, 1.807) is 18.3 Å². The molecule has 6 heteroatoms. The number of amides is 1. The largest absolute Gasteiger partial charge is 0.494 e. The molecule has 3 unspecified atom stereocenters. The summed E-state index contributed by atoms with van der Waals surface area (Å²) >= 11 is 0. The predicted molar refractivity (Wildman–Crippen MR) is 107 cm³/mol. The number of benzene rings is 1. The molecule has 2 aliphatic heterocycles. The molecule has 0 spiro atoms. The van der Waals surface area contributed by atoms with E-state index in [4.69, 9.17) is 4.74 Å². The van der Waals surface area contributed by atoms with Crippen LogP contribution in [0.4, 0.5) is 4.39 Å². The van der Waals surface area contributed by atoms with Gasteiger partial charge >= 0.3 is 0 Å². The molecule has 2 aromatic rings. The topological polar surface area (TPSA) is 69.1 Å². The van der Waals surface area contributed by atoms with Crippen molar-refractivity contribution in [1.29, 1.82) is 5.26 Å². The van der Waals surface area contributed by atoms with E-state index in [1.165, 1.54) is 7.11 Å². The molecule has 4 bridgehead atoms. The van der Waals surface area contributed by atoms with Gasteiger partial charge in [-0.2, -0.15) is 5.26 Å². The molecule has 4 fully saturated rings. The lowest BCUT2D eigenvalue weighted by molar-refractivity contribution is -0.164. The number of piperidine rings is 2. The number of halogens is 1. The number of nitrogens with zero attached hydrogens (tertiary/aromatic N) is 2. The first kappa shape index (κ1) is 18.5. The maximum absolute atomic E-state index is 15.0. The van der Waals surface area contributed by atoms with Crippen LogP contribution in [-0.4, -0.2) is 35.0 Å². The molecule has 1 N–H and O–H groups in total. The zero-order valence-electron chi connectivity index (χ0n) is 17.1. The number of H-pyrrole nitrogens is 1. The first-order chi connectivity index (χ1) is 13.8. The molecular formula is C23H26FN3O2. The minimum absolute atomic E-state index is 0.0404. The average molecular weight is 395 g/mol. The summed E-state index contributed by atoms with van der Waals surface area (Å²) in [5.41, 5.74) is 1.20. The number of nitrogens with one attached hydrogen (secondary N) is 1. The van der Waals surface area contributed by atoms with Gasteiger partial charge in [-0.1, -0.05) is 6.92 Å². The van der Waals surface area contributed by atoms with E-state index in [0.717, 1.165) is 32.1 Å². The maximum Gasteiger partial charge on any atom is 0.230 e. The fourth-order valence-electron chi connectivity index (χ4n) is 6.68. The zero-order chi connectivity index (χ0) is 20.6. The van der Waals surface area contributed by atoms with Crippen molar-refractivity contribution in [1.82, 2.24) is 9.88 Å². The van der Waals surface area contributed by atoms with Gasteiger partial charge in [-0.05, 0) is 62.1 Å². The summed E-state index contributed by atoms with van der Waals surface area (Å²) in [4.78, 5) is 18.7. The first-order valence-corrected chi connectivity index (χ1v) is 10.4. The standard InChI is InChI=1S/C23H26FN3O2/c1-13(16-10-26-17-4-5-18(29-3)20(24)19(16)17)21(28)27-14-6-22(2)7-15(27)9-23(8-14,11-22)12-25/h4-5,10,13-15,26H,6-9,11H2,1-3H3. The number of carbonyl (C=O) groups excluding carboxylic acids is 1. The lowest BCUT2D eigenvalue weighted by Crippen LogP contribution is -2.66. The molecule has 0 radical (unpaired) electrons. The second-order valence-electron chi connectivity index (χ2n) is 9.72. The van der Waals surface area contributed by atoms with Crippen molar-refractivity contribution in [3.8, 4) is 11.8 Å². The van der Waals surface area contributed by atoms with Gasteiger partial charge in [-0.3, -0.25) is 4.79 Å². The van der Waals surface area contributed by atoms with Gasteiger partial charge in [0.25, 0.3) is 0 Å². The fraction of sp³-hybridized carbons (Fsp3) is 0.565. The minimum atomic E-state index is -0.464. The third kappa shape index (κ3) is 2.52. The van der Waals surface area contributed by atoms with Crippen molar-refractivity contribution < 1.29 is 13.9 Å². The number of hydrogen-bond acceptors (Lipinski definition) is 3. The van der Waals surface area contributed by atoms with E-state index < -0.39 is 11.7 Å². The summed E-state index contributed by atoms with van der Waals surface area (Å²) in [6.45, 7) is 4.13. The molecule has 3 atom stereocenters. The van der Waals surface area contributed by atoms with E-state index in [1.807, 2.05) is 11.8 Å². The summed E-state index contributed by atoms with van der Waals surface area (Å²) in [6.07, 6.45) is 6.15. The highest BCUT2D eigenvalue weighted by atomic mass is 19.1. The van der Waals surface area contributed by atoms with Crippen molar-refractivity contribution >= 4 is 16.8 Å². The van der Waals surface area contributed by atoms with Crippen LogP contribution in [0.15, 0.2) is 18.3 Å². The maximum atomic E-state index is 15.0. The van der Waals surface area contributed by atoms with Crippen LogP contribution >= 0.6 is 0 Å². The Morgan fingerprint density at radius 3 is 2.66 bits per heavy atom. The molecule has 2 saturated heterocycles. The summed E-state index contributed by atoms with van der Waals surface area (Å²) in [6, 6.07) is 6.18. The Hall–Kier alpha value is -2.55. The molecule has 152 valence electrons. The van der Waals surface area contributed by atoms with Crippen molar-refractivity contribution in [2.75, 3.05) is 7.11 Å². The van der Waals surface area contributed by atoms with Crippen LogP contribution in [0.2, 0.25) is 0 Å². The molecule has 6 rings (SSSR count). The third-order valence-electron chi connectivity index (χ3n) is 7.59. The molecular weight excluding hydrogens is 369 g/mol. The summed E-state index contributed by atoms with van der Waals surface area (Å²) < 4.78 is 20.1. The fourth-order valence-corrected chi connectivity index (χ4v) is 6.68. The van der Waals surface area contributed by atoms with Crippen molar-refractivity contribution in [3.63, 3.8) is 0 Å². The highest BCUT2D eigenvalue weighted by Crippen LogP contribution is 2.61. The van der Waals surface area contributed by atoms with Crippen LogP contribution in [0.3, 0.4) is 0 Å². The summed E-state index contributed by atoms with van der Waals surface area (Å²) in [5, 5.41) is 10.2. The normalized spacial score (nSPS) is 33.7. The lowest BCUT2D eigenvalue weighted by atomic mass is 9.50. The first-order valence-electron chi connectivity index (χ1n) is 10.4. The number of aromatic amines is 1. The second-order valence-corrected chi connectivity index (χ2v) is 9.72. The minimum Gasteiger partial charge on any atom is -0.494 e. The highest BCUT2D eigenvalue weighted by molar-refractivity contribution is 5.93. The predicted octanol–water partition coefficient (Wildman–Crippen LogP) is 4.49. The molecule has 5 nitrogen and oxygen atoms in total. The van der Waals surface area contributed by atoms with E-state index >= 15 is 0 Å². The van der Waals surface area contributed by atoms with E-state index in [2.05, 4.69) is 18.0 Å². The Balaban J connectivity index is 1.50. The molecule has 1 aromatic carbocycles. The van der Waals surface area contributed by atoms with E-state index in [0.29, 0.717) is 16.5 Å². The van der Waals surface area contributed by atoms with Crippen LogP contribution in [-0.2, 0) is 4.79 Å². The summed E-state index contributed by atoms with van der Waals surface area (Å²) in [7, 11) is 1.44. The zero-order valence-corrected chi connectivity index (χ0v) is 17.1. The molecule has 29 heavy (non-hydrogen) atoms.